The van der Waals surface area contributed by atoms with Crippen molar-refractivity contribution in [3.8, 4) is 0 Å². The molecule has 2 amide bonds. The van der Waals surface area contributed by atoms with Crippen LogP contribution in [0.2, 0.25) is 0 Å². The zero-order valence-corrected chi connectivity index (χ0v) is 21.2. The lowest BCUT2D eigenvalue weighted by molar-refractivity contribution is -0.142. The average molecular weight is 526 g/mol. The normalized spacial score (nSPS) is 18.2. The summed E-state index contributed by atoms with van der Waals surface area (Å²) in [5.41, 5.74) is 3.11. The van der Waals surface area contributed by atoms with Gasteiger partial charge in [0.25, 0.3) is 5.91 Å². The lowest BCUT2D eigenvalue weighted by atomic mass is 9.87. The number of hydrogen-bond donors (Lipinski definition) is 1. The average Bonchev–Trinajstić information content (AvgIpc) is 3.29. The second kappa shape index (κ2) is 10.6. The highest BCUT2D eigenvalue weighted by atomic mass is 19.4. The summed E-state index contributed by atoms with van der Waals surface area (Å²) >= 11 is 0. The molecule has 5 rings (SSSR count). The predicted molar refractivity (Wildman–Crippen MR) is 134 cm³/mol. The number of nitrogens with zero attached hydrogens (tertiary/aromatic N) is 4. The van der Waals surface area contributed by atoms with Crippen molar-refractivity contribution in [3.63, 3.8) is 0 Å². The summed E-state index contributed by atoms with van der Waals surface area (Å²) < 4.78 is 39.9. The van der Waals surface area contributed by atoms with E-state index in [2.05, 4.69) is 27.5 Å². The summed E-state index contributed by atoms with van der Waals surface area (Å²) in [7, 11) is 0. The van der Waals surface area contributed by atoms with Gasteiger partial charge in [-0.15, -0.1) is 0 Å². The van der Waals surface area contributed by atoms with Gasteiger partial charge < -0.3 is 10.2 Å². The van der Waals surface area contributed by atoms with Gasteiger partial charge in [0.2, 0.25) is 5.91 Å². The Morgan fingerprint density at radius 2 is 1.84 bits per heavy atom. The number of aryl methyl sites for hydroxylation is 2. The molecule has 38 heavy (non-hydrogen) atoms. The highest BCUT2D eigenvalue weighted by Crippen LogP contribution is 2.31. The van der Waals surface area contributed by atoms with Gasteiger partial charge in [0.05, 0.1) is 6.04 Å². The van der Waals surface area contributed by atoms with Crippen LogP contribution in [0.25, 0.3) is 0 Å². The number of likely N-dealkylation sites (tertiary alicyclic amines) is 1. The molecule has 1 saturated heterocycles. The molecule has 1 aliphatic carbocycles. The minimum Gasteiger partial charge on any atom is -0.344 e. The SMILES string of the molecule is Cc1cc(C(F)(F)F)nn1CC(=O)N1CCC(c2ccnc(C(=O)N[C@@H]3CCCc4ccccc43)c2)CC1. The number of aromatic nitrogens is 3. The summed E-state index contributed by atoms with van der Waals surface area (Å²) in [4.78, 5) is 31.8. The number of rotatable bonds is 5. The van der Waals surface area contributed by atoms with E-state index in [4.69, 9.17) is 0 Å². The molecular weight excluding hydrogens is 495 g/mol. The number of fused-ring (bicyclic) bond motifs is 1. The molecule has 1 aliphatic heterocycles. The fourth-order valence-corrected chi connectivity index (χ4v) is 5.46. The Kier molecular flexibility index (Phi) is 7.23. The predicted octanol–water partition coefficient (Wildman–Crippen LogP) is 4.82. The van der Waals surface area contributed by atoms with Crippen LogP contribution in [0, 0.1) is 6.92 Å². The van der Waals surface area contributed by atoms with E-state index in [0.717, 1.165) is 35.6 Å². The lowest BCUT2D eigenvalue weighted by Crippen LogP contribution is -2.40. The summed E-state index contributed by atoms with van der Waals surface area (Å²) in [6.45, 7) is 2.25. The maximum atomic E-state index is 13.1. The van der Waals surface area contributed by atoms with Crippen molar-refractivity contribution in [1.29, 1.82) is 0 Å². The monoisotopic (exact) mass is 525 g/mol. The topological polar surface area (TPSA) is 80.1 Å². The van der Waals surface area contributed by atoms with Crippen LogP contribution in [0.1, 0.15) is 76.2 Å². The second-order valence-electron chi connectivity index (χ2n) is 10.1. The minimum atomic E-state index is -4.54. The summed E-state index contributed by atoms with van der Waals surface area (Å²) in [6, 6.07) is 12.9. The molecule has 1 aromatic carbocycles. The van der Waals surface area contributed by atoms with E-state index in [0.29, 0.717) is 37.3 Å². The van der Waals surface area contributed by atoms with Crippen LogP contribution in [-0.2, 0) is 23.9 Å². The zero-order valence-electron chi connectivity index (χ0n) is 21.2. The molecule has 2 aliphatic rings. The maximum Gasteiger partial charge on any atom is 0.435 e. The van der Waals surface area contributed by atoms with Crippen molar-refractivity contribution in [3.05, 3.63) is 82.4 Å². The largest absolute Gasteiger partial charge is 0.435 e. The van der Waals surface area contributed by atoms with E-state index >= 15 is 0 Å². The highest BCUT2D eigenvalue weighted by molar-refractivity contribution is 5.92. The third-order valence-electron chi connectivity index (χ3n) is 7.57. The molecule has 7 nitrogen and oxygen atoms in total. The molecule has 0 bridgehead atoms. The van der Waals surface area contributed by atoms with Gasteiger partial charge in [0, 0.05) is 25.0 Å². The Labute approximate surface area is 219 Å². The van der Waals surface area contributed by atoms with Crippen molar-refractivity contribution >= 4 is 11.8 Å². The van der Waals surface area contributed by atoms with E-state index in [1.165, 1.54) is 18.1 Å². The number of benzene rings is 1. The van der Waals surface area contributed by atoms with Gasteiger partial charge in [-0.2, -0.15) is 18.3 Å². The molecule has 2 aromatic heterocycles. The molecule has 10 heteroatoms. The fourth-order valence-electron chi connectivity index (χ4n) is 5.46. The first-order valence-electron chi connectivity index (χ1n) is 12.9. The van der Waals surface area contributed by atoms with E-state index in [1.54, 1.807) is 11.1 Å². The van der Waals surface area contributed by atoms with Crippen molar-refractivity contribution in [2.75, 3.05) is 13.1 Å². The van der Waals surface area contributed by atoms with Gasteiger partial charge in [0.1, 0.15) is 12.2 Å². The van der Waals surface area contributed by atoms with E-state index < -0.39 is 11.9 Å². The number of pyridine rings is 1. The number of carbonyl (C=O) groups is 2. The highest BCUT2D eigenvalue weighted by Gasteiger charge is 2.35. The van der Waals surface area contributed by atoms with Gasteiger partial charge in [-0.25, -0.2) is 0 Å². The first-order chi connectivity index (χ1) is 18.2. The molecule has 0 unspecified atom stereocenters. The number of carbonyl (C=O) groups excluding carboxylic acids is 2. The van der Waals surface area contributed by atoms with Crippen molar-refractivity contribution in [2.24, 2.45) is 0 Å². The first kappa shape index (κ1) is 25.9. The Bertz CT molecular complexity index is 1330. The molecule has 0 spiro atoms. The van der Waals surface area contributed by atoms with E-state index in [1.807, 2.05) is 24.3 Å². The molecule has 0 saturated carbocycles. The number of hydrogen-bond acceptors (Lipinski definition) is 4. The van der Waals surface area contributed by atoms with Crippen LogP contribution in [0.3, 0.4) is 0 Å². The van der Waals surface area contributed by atoms with E-state index in [9.17, 15) is 22.8 Å². The number of alkyl halides is 3. The Balaban J connectivity index is 1.18. The Morgan fingerprint density at radius 1 is 1.08 bits per heavy atom. The first-order valence-corrected chi connectivity index (χ1v) is 12.9. The molecule has 1 atom stereocenters. The Hall–Kier alpha value is -3.69. The molecule has 1 fully saturated rings. The van der Waals surface area contributed by atoms with Crippen molar-refractivity contribution in [1.82, 2.24) is 25.0 Å². The number of amides is 2. The lowest BCUT2D eigenvalue weighted by Gasteiger charge is -2.32. The van der Waals surface area contributed by atoms with Crippen LogP contribution in [0.15, 0.2) is 48.7 Å². The molecule has 3 heterocycles. The van der Waals surface area contributed by atoms with Crippen LogP contribution in [0.4, 0.5) is 13.2 Å². The minimum absolute atomic E-state index is 0.0298. The molecule has 3 aromatic rings. The zero-order chi connectivity index (χ0) is 26.9. The number of halogens is 3. The molecule has 200 valence electrons. The Morgan fingerprint density at radius 3 is 2.58 bits per heavy atom. The quantitative estimate of drug-likeness (QED) is 0.518. The molecular formula is C28H30F3N5O2. The van der Waals surface area contributed by atoms with Crippen LogP contribution >= 0.6 is 0 Å². The van der Waals surface area contributed by atoms with Gasteiger partial charge in [0.15, 0.2) is 5.69 Å². The fraction of sp³-hybridized carbons (Fsp3) is 0.429. The van der Waals surface area contributed by atoms with E-state index in [-0.39, 0.29) is 30.3 Å². The van der Waals surface area contributed by atoms with Gasteiger partial charge >= 0.3 is 6.18 Å². The van der Waals surface area contributed by atoms with Crippen LogP contribution < -0.4 is 5.32 Å². The summed E-state index contributed by atoms with van der Waals surface area (Å²) in [6.07, 6.45) is 1.43. The van der Waals surface area contributed by atoms with Gasteiger partial charge in [-0.1, -0.05) is 24.3 Å². The number of nitrogens with one attached hydrogen (secondary N) is 1. The second-order valence-corrected chi connectivity index (χ2v) is 10.1. The van der Waals surface area contributed by atoms with Crippen molar-refractivity contribution in [2.45, 2.75) is 63.7 Å². The van der Waals surface area contributed by atoms with Crippen molar-refractivity contribution < 1.29 is 22.8 Å². The molecule has 1 N–H and O–H groups in total. The van der Waals surface area contributed by atoms with Gasteiger partial charge in [-0.3, -0.25) is 19.3 Å². The smallest absolute Gasteiger partial charge is 0.344 e. The third kappa shape index (κ3) is 5.58. The molecule has 0 radical (unpaired) electrons. The summed E-state index contributed by atoms with van der Waals surface area (Å²) in [5.74, 6) is -0.299. The third-order valence-corrected chi connectivity index (χ3v) is 7.57. The summed E-state index contributed by atoms with van der Waals surface area (Å²) in [5, 5.41) is 6.71. The maximum absolute atomic E-state index is 13.1. The van der Waals surface area contributed by atoms with Crippen LogP contribution in [-0.4, -0.2) is 44.6 Å². The number of piperidine rings is 1. The van der Waals surface area contributed by atoms with Crippen LogP contribution in [0.5, 0.6) is 0 Å². The van der Waals surface area contributed by atoms with Gasteiger partial charge in [-0.05, 0) is 79.8 Å². The standard InChI is InChI=1S/C28H30F3N5O2/c1-18-15-25(28(29,30)31)34-36(18)17-26(37)35-13-10-19(11-14-35)21-9-12-32-24(16-21)27(38)33-23-8-4-6-20-5-2-3-7-22(20)23/h2-3,5,7,9,12,15-16,19,23H,4,6,8,10-11,13-14,17H2,1H3,(H,33,38)/t23-/m1/s1.